The van der Waals surface area contributed by atoms with Crippen LogP contribution in [-0.4, -0.2) is 29.4 Å². The van der Waals surface area contributed by atoms with E-state index in [0.717, 1.165) is 29.1 Å². The Kier molecular flexibility index (Phi) is 6.82. The number of rotatable bonds is 7. The number of carbonyl (C=O) groups is 2. The molecule has 3 aromatic carbocycles. The molecule has 6 nitrogen and oxygen atoms in total. The predicted octanol–water partition coefficient (Wildman–Crippen LogP) is 5.72. The average Bonchev–Trinajstić information content (AvgIpc) is 3.36. The number of hydrogen-bond donors (Lipinski definition) is 1. The highest BCUT2D eigenvalue weighted by atomic mass is 32.1. The number of anilines is 2. The van der Waals surface area contributed by atoms with Gasteiger partial charge in [0, 0.05) is 23.1 Å². The lowest BCUT2D eigenvalue weighted by Gasteiger charge is -2.32. The van der Waals surface area contributed by atoms with E-state index >= 15 is 0 Å². The Morgan fingerprint density at radius 3 is 2.58 bits per heavy atom. The van der Waals surface area contributed by atoms with Gasteiger partial charge in [-0.3, -0.25) is 14.5 Å². The van der Waals surface area contributed by atoms with Crippen LogP contribution in [0.25, 0.3) is 11.3 Å². The Balaban J connectivity index is 1.37. The van der Waals surface area contributed by atoms with Crippen LogP contribution in [0.5, 0.6) is 5.75 Å². The molecule has 0 fully saturated rings. The van der Waals surface area contributed by atoms with Gasteiger partial charge in [-0.15, -0.1) is 11.3 Å². The molecule has 1 aliphatic rings. The zero-order valence-corrected chi connectivity index (χ0v) is 21.0. The van der Waals surface area contributed by atoms with Gasteiger partial charge in [0.15, 0.2) is 6.10 Å². The van der Waals surface area contributed by atoms with Crippen molar-refractivity contribution in [2.45, 2.75) is 32.8 Å². The molecule has 182 valence electrons. The molecule has 0 saturated heterocycles. The van der Waals surface area contributed by atoms with Crippen molar-refractivity contribution in [3.8, 4) is 17.0 Å². The number of aryl methyl sites for hydroxylation is 1. The highest BCUT2D eigenvalue weighted by molar-refractivity contribution is 7.10. The Morgan fingerprint density at radius 1 is 1.06 bits per heavy atom. The van der Waals surface area contributed by atoms with Crippen molar-refractivity contribution in [3.63, 3.8) is 0 Å². The Bertz CT molecular complexity index is 1380. The molecule has 0 saturated carbocycles. The van der Waals surface area contributed by atoms with E-state index in [1.54, 1.807) is 18.3 Å². The van der Waals surface area contributed by atoms with Crippen molar-refractivity contribution in [1.82, 2.24) is 4.98 Å². The van der Waals surface area contributed by atoms with E-state index in [1.807, 2.05) is 66.0 Å². The van der Waals surface area contributed by atoms with E-state index in [1.165, 1.54) is 16.0 Å². The summed E-state index contributed by atoms with van der Waals surface area (Å²) in [6, 6.07) is 23.6. The highest BCUT2D eigenvalue weighted by Gasteiger charge is 2.33. The third-order valence-electron chi connectivity index (χ3n) is 6.16. The van der Waals surface area contributed by atoms with Crippen molar-refractivity contribution >= 4 is 34.5 Å². The van der Waals surface area contributed by atoms with Crippen LogP contribution in [0.1, 0.15) is 30.0 Å². The standard InChI is InChI=1S/C29H27N3O3S/c1-3-20-9-12-23(13-10-20)30-27(33)17-32-25-16-22(11-14-26(25)35-19(2)29(32)34)24-18-36-28(31-24)15-21-7-5-4-6-8-21/h4-14,16,18-19H,3,15,17H2,1-2H3,(H,30,33). The van der Waals surface area contributed by atoms with Crippen molar-refractivity contribution < 1.29 is 14.3 Å². The summed E-state index contributed by atoms with van der Waals surface area (Å²) in [7, 11) is 0. The molecule has 0 bridgehead atoms. The molecular weight excluding hydrogens is 470 g/mol. The van der Waals surface area contributed by atoms with E-state index < -0.39 is 6.10 Å². The molecule has 1 N–H and O–H groups in total. The van der Waals surface area contributed by atoms with Crippen LogP contribution in [0.3, 0.4) is 0 Å². The lowest BCUT2D eigenvalue weighted by molar-refractivity contribution is -0.127. The van der Waals surface area contributed by atoms with Crippen molar-refractivity contribution in [2.75, 3.05) is 16.8 Å². The minimum absolute atomic E-state index is 0.102. The lowest BCUT2D eigenvalue weighted by atomic mass is 10.1. The number of fused-ring (bicyclic) bond motifs is 1. The van der Waals surface area contributed by atoms with Crippen molar-refractivity contribution in [3.05, 3.63) is 94.3 Å². The monoisotopic (exact) mass is 497 g/mol. The van der Waals surface area contributed by atoms with Gasteiger partial charge in [-0.1, -0.05) is 49.4 Å². The highest BCUT2D eigenvalue weighted by Crippen LogP contribution is 2.38. The van der Waals surface area contributed by atoms with E-state index in [9.17, 15) is 9.59 Å². The molecular formula is C29H27N3O3S. The largest absolute Gasteiger partial charge is 0.479 e. The number of carbonyl (C=O) groups excluding carboxylic acids is 2. The number of nitrogens with one attached hydrogen (secondary N) is 1. The molecule has 2 heterocycles. The van der Waals surface area contributed by atoms with Gasteiger partial charge in [0.25, 0.3) is 5.91 Å². The molecule has 1 aromatic heterocycles. The molecule has 1 atom stereocenters. The number of hydrogen-bond acceptors (Lipinski definition) is 5. The lowest BCUT2D eigenvalue weighted by Crippen LogP contribution is -2.47. The topological polar surface area (TPSA) is 71.5 Å². The zero-order valence-electron chi connectivity index (χ0n) is 20.2. The molecule has 36 heavy (non-hydrogen) atoms. The van der Waals surface area contributed by atoms with Gasteiger partial charge in [-0.05, 0) is 54.8 Å². The predicted molar refractivity (Wildman–Crippen MR) is 144 cm³/mol. The number of amides is 2. The van der Waals surface area contributed by atoms with Gasteiger partial charge in [-0.25, -0.2) is 4.98 Å². The Hall–Kier alpha value is -3.97. The van der Waals surface area contributed by atoms with Crippen molar-refractivity contribution in [2.24, 2.45) is 0 Å². The molecule has 0 aliphatic carbocycles. The number of aromatic nitrogens is 1. The third kappa shape index (κ3) is 5.16. The van der Waals surface area contributed by atoms with Gasteiger partial charge in [0.1, 0.15) is 12.3 Å². The average molecular weight is 498 g/mol. The van der Waals surface area contributed by atoms with Gasteiger partial charge >= 0.3 is 0 Å². The normalized spacial score (nSPS) is 14.8. The fraction of sp³-hybridized carbons (Fsp3) is 0.207. The summed E-state index contributed by atoms with van der Waals surface area (Å²) in [5.41, 5.74) is 5.38. The minimum Gasteiger partial charge on any atom is -0.479 e. The van der Waals surface area contributed by atoms with Crippen LogP contribution < -0.4 is 15.0 Å². The molecule has 2 amide bonds. The van der Waals surface area contributed by atoms with Crippen LogP contribution >= 0.6 is 11.3 Å². The molecule has 4 aromatic rings. The summed E-state index contributed by atoms with van der Waals surface area (Å²) >= 11 is 1.61. The molecule has 7 heteroatoms. The Morgan fingerprint density at radius 2 is 1.83 bits per heavy atom. The summed E-state index contributed by atoms with van der Waals surface area (Å²) in [4.78, 5) is 32.2. The van der Waals surface area contributed by atoms with E-state index in [4.69, 9.17) is 9.72 Å². The second-order valence-corrected chi connectivity index (χ2v) is 9.70. The molecule has 0 spiro atoms. The first-order valence-electron chi connectivity index (χ1n) is 12.0. The first-order chi connectivity index (χ1) is 17.5. The van der Waals surface area contributed by atoms with Gasteiger partial charge in [-0.2, -0.15) is 0 Å². The Labute approximate surface area is 214 Å². The van der Waals surface area contributed by atoms with Crippen LogP contribution in [0.15, 0.2) is 78.2 Å². The van der Waals surface area contributed by atoms with E-state index in [-0.39, 0.29) is 18.4 Å². The zero-order chi connectivity index (χ0) is 25.1. The SMILES string of the molecule is CCc1ccc(NC(=O)CN2C(=O)C(C)Oc3ccc(-c4csc(Cc5ccccc5)n4)cc32)cc1. The smallest absolute Gasteiger partial charge is 0.268 e. The maximum absolute atomic E-state index is 13.0. The molecule has 1 aliphatic heterocycles. The molecule has 1 unspecified atom stereocenters. The van der Waals surface area contributed by atoms with Crippen LogP contribution in [0.2, 0.25) is 0 Å². The summed E-state index contributed by atoms with van der Waals surface area (Å²) in [6.45, 7) is 3.68. The second-order valence-electron chi connectivity index (χ2n) is 8.75. The number of nitrogens with zero attached hydrogens (tertiary/aromatic N) is 2. The quantitative estimate of drug-likeness (QED) is 0.355. The molecule has 5 rings (SSSR count). The third-order valence-corrected chi connectivity index (χ3v) is 7.01. The van der Waals surface area contributed by atoms with E-state index in [0.29, 0.717) is 17.1 Å². The fourth-order valence-electron chi connectivity index (χ4n) is 4.19. The number of ether oxygens (including phenoxy) is 1. The minimum atomic E-state index is -0.670. The maximum atomic E-state index is 13.0. The molecule has 0 radical (unpaired) electrons. The van der Waals surface area contributed by atoms with Gasteiger partial charge < -0.3 is 10.1 Å². The number of benzene rings is 3. The van der Waals surface area contributed by atoms with Gasteiger partial charge in [0.2, 0.25) is 5.91 Å². The maximum Gasteiger partial charge on any atom is 0.268 e. The summed E-state index contributed by atoms with van der Waals surface area (Å²) in [5.74, 6) is 0.0571. The summed E-state index contributed by atoms with van der Waals surface area (Å²) < 4.78 is 5.83. The van der Waals surface area contributed by atoms with E-state index in [2.05, 4.69) is 24.4 Å². The second kappa shape index (κ2) is 10.3. The van der Waals surface area contributed by atoms with Gasteiger partial charge in [0.05, 0.1) is 16.4 Å². The first kappa shape index (κ1) is 23.8. The summed E-state index contributed by atoms with van der Waals surface area (Å²) in [5, 5.41) is 5.93. The summed E-state index contributed by atoms with van der Waals surface area (Å²) in [6.07, 6.45) is 1.03. The van der Waals surface area contributed by atoms with Crippen LogP contribution in [-0.2, 0) is 22.4 Å². The van der Waals surface area contributed by atoms with Crippen LogP contribution in [0.4, 0.5) is 11.4 Å². The first-order valence-corrected chi connectivity index (χ1v) is 12.9. The number of thiazole rings is 1. The van der Waals surface area contributed by atoms with Crippen LogP contribution in [0, 0.1) is 0 Å². The fourth-order valence-corrected chi connectivity index (χ4v) is 5.03. The van der Waals surface area contributed by atoms with Crippen molar-refractivity contribution in [1.29, 1.82) is 0 Å².